The van der Waals surface area contributed by atoms with E-state index in [4.69, 9.17) is 10.8 Å². The van der Waals surface area contributed by atoms with Gasteiger partial charge in [-0.2, -0.15) is 0 Å². The third kappa shape index (κ3) is 3.91. The Hall–Kier alpha value is -0.350. The third-order valence-corrected chi connectivity index (χ3v) is 1.63. The van der Waals surface area contributed by atoms with Crippen molar-refractivity contribution < 1.29 is 9.90 Å². The van der Waals surface area contributed by atoms with Crippen molar-refractivity contribution >= 4 is 35.5 Å². The number of nitrogens with two attached hydrogens (primary N) is 1. The molecule has 1 aromatic carbocycles. The van der Waals surface area contributed by atoms with E-state index in [9.17, 15) is 4.79 Å². The molecule has 13 heavy (non-hydrogen) atoms. The van der Waals surface area contributed by atoms with Crippen LogP contribution in [-0.2, 0) is 6.42 Å². The summed E-state index contributed by atoms with van der Waals surface area (Å²) in [5.41, 5.74) is 6.73. The maximum atomic E-state index is 10.4. The van der Waals surface area contributed by atoms with Crippen molar-refractivity contribution in [3.05, 3.63) is 35.4 Å². The maximum absolute atomic E-state index is 10.4. The topological polar surface area (TPSA) is 63.3 Å². The van der Waals surface area contributed by atoms with Crippen molar-refractivity contribution in [2.24, 2.45) is 5.73 Å². The number of carbonyl (C=O) groups is 1. The summed E-state index contributed by atoms with van der Waals surface area (Å²) in [7, 11) is 0. The van der Waals surface area contributed by atoms with Gasteiger partial charge < -0.3 is 10.8 Å². The normalized spacial score (nSPS) is 9.00. The molecule has 0 amide bonds. The van der Waals surface area contributed by atoms with Gasteiger partial charge in [0, 0.05) is 0 Å². The molecule has 0 aromatic heterocycles. The van der Waals surface area contributed by atoms with Gasteiger partial charge in [0.2, 0.25) is 0 Å². The van der Waals surface area contributed by atoms with Gasteiger partial charge in [0.05, 0.1) is 5.56 Å². The molecule has 0 radical (unpaired) electrons. The molecule has 66 valence electrons. The van der Waals surface area contributed by atoms with E-state index in [2.05, 4.69) is 0 Å². The van der Waals surface area contributed by atoms with E-state index in [-0.39, 0.29) is 29.6 Å². The first-order valence-corrected chi connectivity index (χ1v) is 3.76. The van der Waals surface area contributed by atoms with Crippen LogP contribution in [0.4, 0.5) is 0 Å². The summed E-state index contributed by atoms with van der Waals surface area (Å²) in [6.07, 6.45) is 0.792. The molecule has 0 heterocycles. The van der Waals surface area contributed by atoms with Gasteiger partial charge >= 0.3 is 35.5 Å². The van der Waals surface area contributed by atoms with Gasteiger partial charge in [-0.05, 0) is 30.7 Å². The molecule has 0 aliphatic carbocycles. The van der Waals surface area contributed by atoms with Crippen LogP contribution in [0.2, 0.25) is 0 Å². The first kappa shape index (κ1) is 12.7. The van der Waals surface area contributed by atoms with Crippen LogP contribution >= 0.6 is 0 Å². The molecule has 0 unspecified atom stereocenters. The summed E-state index contributed by atoms with van der Waals surface area (Å²) >= 11 is 0. The Labute approximate surface area is 99.2 Å². The van der Waals surface area contributed by atoms with E-state index in [1.54, 1.807) is 24.3 Å². The van der Waals surface area contributed by atoms with E-state index in [1.807, 2.05) is 0 Å². The molecule has 0 fully saturated rings. The number of hydrogen-bond donors (Lipinski definition) is 2. The summed E-state index contributed by atoms with van der Waals surface area (Å²) in [4.78, 5) is 10.4. The zero-order chi connectivity index (χ0) is 8.97. The van der Waals surface area contributed by atoms with Gasteiger partial charge in [-0.3, -0.25) is 0 Å². The number of rotatable bonds is 3. The van der Waals surface area contributed by atoms with Crippen molar-refractivity contribution in [3.63, 3.8) is 0 Å². The van der Waals surface area contributed by atoms with E-state index < -0.39 is 5.97 Å². The van der Waals surface area contributed by atoms with Crippen LogP contribution in [0.1, 0.15) is 15.9 Å². The van der Waals surface area contributed by atoms with Crippen LogP contribution in [0, 0.1) is 0 Å². The minimum atomic E-state index is -0.894. The first-order chi connectivity index (χ1) is 5.74. The van der Waals surface area contributed by atoms with Crippen molar-refractivity contribution in [1.29, 1.82) is 0 Å². The molecule has 0 bridgehead atoms. The Morgan fingerprint density at radius 1 is 1.31 bits per heavy atom. The van der Waals surface area contributed by atoms with Gasteiger partial charge in [-0.1, -0.05) is 12.1 Å². The van der Waals surface area contributed by atoms with Crippen LogP contribution in [0.3, 0.4) is 0 Å². The fourth-order valence-electron chi connectivity index (χ4n) is 0.981. The zero-order valence-electron chi connectivity index (χ0n) is 6.66. The minimum absolute atomic E-state index is 0. The molecular weight excluding hydrogens is 177 g/mol. The van der Waals surface area contributed by atoms with Gasteiger partial charge in [0.25, 0.3) is 0 Å². The summed E-state index contributed by atoms with van der Waals surface area (Å²) in [6, 6.07) is 6.76. The van der Waals surface area contributed by atoms with E-state index in [1.165, 1.54) is 0 Å². The molecule has 0 aliphatic rings. The van der Waals surface area contributed by atoms with E-state index in [0.717, 1.165) is 12.0 Å². The van der Waals surface area contributed by atoms with Gasteiger partial charge in [-0.25, -0.2) is 4.79 Å². The molecular formula is C9H12NNaO2. The second-order valence-corrected chi connectivity index (χ2v) is 2.54. The average molecular weight is 189 g/mol. The van der Waals surface area contributed by atoms with Crippen LogP contribution in [0.15, 0.2) is 24.3 Å². The molecule has 0 spiro atoms. The Balaban J connectivity index is 0.00000144. The standard InChI is InChI=1S/C9H11NO2.Na.H/c10-6-5-7-1-3-8(4-2-7)9(11)12;;/h1-4H,5-6,10H2,(H,11,12);;. The third-order valence-electron chi connectivity index (χ3n) is 1.63. The Morgan fingerprint density at radius 2 is 1.85 bits per heavy atom. The summed E-state index contributed by atoms with van der Waals surface area (Å²) in [6.45, 7) is 0.590. The molecule has 4 heteroatoms. The molecule has 0 saturated carbocycles. The summed E-state index contributed by atoms with van der Waals surface area (Å²) in [5, 5.41) is 8.58. The van der Waals surface area contributed by atoms with Crippen LogP contribution < -0.4 is 5.73 Å². The van der Waals surface area contributed by atoms with Gasteiger partial charge in [0.1, 0.15) is 0 Å². The van der Waals surface area contributed by atoms with E-state index >= 15 is 0 Å². The number of aromatic carboxylic acids is 1. The number of carboxylic acids is 1. The first-order valence-electron chi connectivity index (χ1n) is 3.76. The molecule has 0 saturated heterocycles. The SMILES string of the molecule is NCCc1ccc(C(=O)O)cc1.[NaH]. The summed E-state index contributed by atoms with van der Waals surface area (Å²) < 4.78 is 0. The number of benzene rings is 1. The van der Waals surface area contributed by atoms with E-state index in [0.29, 0.717) is 12.1 Å². The fraction of sp³-hybridized carbons (Fsp3) is 0.222. The monoisotopic (exact) mass is 189 g/mol. The molecule has 0 atom stereocenters. The van der Waals surface area contributed by atoms with Crippen LogP contribution in [0.5, 0.6) is 0 Å². The van der Waals surface area contributed by atoms with Crippen LogP contribution in [0.25, 0.3) is 0 Å². The number of carboxylic acid groups (broad SMARTS) is 1. The molecule has 0 aliphatic heterocycles. The Morgan fingerprint density at radius 3 is 2.23 bits per heavy atom. The summed E-state index contributed by atoms with van der Waals surface area (Å²) in [5.74, 6) is -0.894. The number of hydrogen-bond acceptors (Lipinski definition) is 2. The zero-order valence-corrected chi connectivity index (χ0v) is 6.66. The predicted molar refractivity (Wildman–Crippen MR) is 53.3 cm³/mol. The molecule has 1 aromatic rings. The fourth-order valence-corrected chi connectivity index (χ4v) is 0.981. The predicted octanol–water partition coefficient (Wildman–Crippen LogP) is 0.237. The Kier molecular flexibility index (Phi) is 5.99. The van der Waals surface area contributed by atoms with Crippen LogP contribution in [-0.4, -0.2) is 47.2 Å². The van der Waals surface area contributed by atoms with Crippen molar-refractivity contribution in [2.75, 3.05) is 6.54 Å². The quantitative estimate of drug-likeness (QED) is 0.669. The molecule has 3 N–H and O–H groups in total. The molecule has 1 rings (SSSR count). The average Bonchev–Trinajstić information content (AvgIpc) is 2.06. The second-order valence-electron chi connectivity index (χ2n) is 2.54. The molecule has 3 nitrogen and oxygen atoms in total. The van der Waals surface area contributed by atoms with Crippen molar-refractivity contribution in [2.45, 2.75) is 6.42 Å². The van der Waals surface area contributed by atoms with Crippen molar-refractivity contribution in [3.8, 4) is 0 Å². The van der Waals surface area contributed by atoms with Gasteiger partial charge in [0.15, 0.2) is 0 Å². The van der Waals surface area contributed by atoms with Gasteiger partial charge in [-0.15, -0.1) is 0 Å². The van der Waals surface area contributed by atoms with Crippen molar-refractivity contribution in [1.82, 2.24) is 0 Å². The Bertz CT molecular complexity index is 271. The second kappa shape index (κ2) is 6.16.